The van der Waals surface area contributed by atoms with Crippen molar-refractivity contribution in [3.63, 3.8) is 0 Å². The molecule has 0 amide bonds. The van der Waals surface area contributed by atoms with Gasteiger partial charge in [-0.1, -0.05) is 146 Å². The lowest BCUT2D eigenvalue weighted by atomic mass is 9.84. The van der Waals surface area contributed by atoms with Crippen LogP contribution in [0.4, 0.5) is 11.4 Å². The number of para-hydroxylation sites is 5. The Morgan fingerprint density at radius 2 is 1.01 bits per heavy atom. The van der Waals surface area contributed by atoms with E-state index in [0.717, 1.165) is 31.4 Å². The van der Waals surface area contributed by atoms with Gasteiger partial charge in [0.25, 0.3) is 0 Å². The van der Waals surface area contributed by atoms with Crippen LogP contribution in [0.5, 0.6) is 0 Å². The first-order chi connectivity index (χ1) is 37.7. The van der Waals surface area contributed by atoms with E-state index in [-0.39, 0.29) is 11.8 Å². The smallest absolute Gasteiger partial charge is 0.0541 e. The van der Waals surface area contributed by atoms with E-state index in [1.807, 2.05) is 0 Å². The maximum atomic E-state index is 2.56. The highest BCUT2D eigenvalue weighted by molar-refractivity contribution is 6.12. The normalized spacial score (nSPS) is 16.8. The monoisotopic (exact) mass is 972 g/mol. The number of allylic oxidation sites excluding steroid dienone is 8. The van der Waals surface area contributed by atoms with E-state index in [4.69, 9.17) is 0 Å². The highest BCUT2D eigenvalue weighted by Gasteiger charge is 2.36. The van der Waals surface area contributed by atoms with E-state index in [1.54, 1.807) is 0 Å². The first-order valence-electron chi connectivity index (χ1n) is 27.0. The first-order valence-corrected chi connectivity index (χ1v) is 27.0. The van der Waals surface area contributed by atoms with Gasteiger partial charge in [-0.15, -0.1) is 0 Å². The second-order valence-electron chi connectivity index (χ2n) is 21.1. The first kappa shape index (κ1) is 43.1. The molecule has 0 saturated heterocycles. The van der Waals surface area contributed by atoms with Crippen molar-refractivity contribution in [2.24, 2.45) is 0 Å². The van der Waals surface area contributed by atoms with Crippen LogP contribution in [0.2, 0.25) is 0 Å². The summed E-state index contributed by atoms with van der Waals surface area (Å²) in [6.07, 6.45) is 20.8. The largest absolute Gasteiger partial charge is 0.313 e. The predicted octanol–water partition coefficient (Wildman–Crippen LogP) is 17.0. The summed E-state index contributed by atoms with van der Waals surface area (Å²) in [5.74, 6) is 0.513. The standard InChI is InChI=1S/C72H52N4/c1-5-17-53(18-6-1)73-65-27-15-13-25-57(65)59-41-47(29-35-67(59)73)49-31-37-69-61(43-49)63-45-51(33-39-71(63)75(69)55-21-9-3-10-22-55)52-34-40-72-64(46-52)62-44-50(32-38-70(62)76(72)56-23-11-4-12-24-56)48-30-36-68-60(42-48)58-26-14-16-28-66(58)74(68)54-19-7-2-8-20-54/h1,3-7,9-31,33-40,42-46,50,59H,2,8,32,41H2. The van der Waals surface area contributed by atoms with Gasteiger partial charge in [-0.2, -0.15) is 0 Å². The third kappa shape index (κ3) is 6.63. The summed E-state index contributed by atoms with van der Waals surface area (Å²) in [4.78, 5) is 2.46. The van der Waals surface area contributed by atoms with Crippen molar-refractivity contribution in [1.82, 2.24) is 13.7 Å². The van der Waals surface area contributed by atoms with Crippen molar-refractivity contribution in [3.8, 4) is 22.5 Å². The van der Waals surface area contributed by atoms with Crippen molar-refractivity contribution in [1.29, 1.82) is 0 Å². The number of aromatic nitrogens is 3. The van der Waals surface area contributed by atoms with Crippen LogP contribution < -0.4 is 15.5 Å². The highest BCUT2D eigenvalue weighted by Crippen LogP contribution is 2.53. The molecule has 4 nitrogen and oxygen atoms in total. The van der Waals surface area contributed by atoms with Gasteiger partial charge in [-0.3, -0.25) is 0 Å². The zero-order valence-corrected chi connectivity index (χ0v) is 42.0. The molecule has 2 unspecified atom stereocenters. The summed E-state index contributed by atoms with van der Waals surface area (Å²) >= 11 is 0. The zero-order valence-electron chi connectivity index (χ0n) is 42.0. The van der Waals surface area contributed by atoms with Crippen LogP contribution in [0, 0.1) is 0 Å². The molecule has 0 saturated carbocycles. The van der Waals surface area contributed by atoms with Crippen molar-refractivity contribution >= 4 is 89.3 Å². The third-order valence-corrected chi connectivity index (χ3v) is 16.9. The summed E-state index contributed by atoms with van der Waals surface area (Å²) < 4.78 is 7.38. The Kier molecular flexibility index (Phi) is 9.68. The number of anilines is 2. The van der Waals surface area contributed by atoms with Crippen molar-refractivity contribution in [2.45, 2.75) is 37.5 Å². The fourth-order valence-corrected chi connectivity index (χ4v) is 13.4. The number of hydrogen-bond acceptors (Lipinski definition) is 1. The Labute approximate surface area is 441 Å². The molecule has 4 aliphatic rings. The molecule has 3 aromatic heterocycles. The van der Waals surface area contributed by atoms with E-state index in [1.165, 1.54) is 127 Å². The molecule has 0 radical (unpaired) electrons. The molecule has 2 atom stereocenters. The Morgan fingerprint density at radius 1 is 0.421 bits per heavy atom. The minimum absolute atomic E-state index is 0.230. The maximum absolute atomic E-state index is 2.56. The molecule has 0 fully saturated rings. The molecular formula is C72H52N4. The molecule has 4 heteroatoms. The number of hydrogen-bond donors (Lipinski definition) is 0. The van der Waals surface area contributed by atoms with Crippen LogP contribution in [0.25, 0.3) is 100 Å². The average Bonchev–Trinajstić information content (AvgIpc) is 4.31. The van der Waals surface area contributed by atoms with Gasteiger partial charge in [0.1, 0.15) is 0 Å². The average molecular weight is 973 g/mol. The minimum Gasteiger partial charge on any atom is -0.313 e. The number of fused-ring (bicyclic) bond motifs is 12. The van der Waals surface area contributed by atoms with Crippen LogP contribution in [0.1, 0.15) is 54.2 Å². The van der Waals surface area contributed by atoms with E-state index in [0.29, 0.717) is 0 Å². The summed E-state index contributed by atoms with van der Waals surface area (Å²) in [5.41, 5.74) is 21.4. The molecule has 0 spiro atoms. The molecule has 3 aliphatic carbocycles. The molecule has 360 valence electrons. The quantitative estimate of drug-likeness (QED) is 0.156. The van der Waals surface area contributed by atoms with Crippen molar-refractivity contribution in [2.75, 3.05) is 4.90 Å². The fourth-order valence-electron chi connectivity index (χ4n) is 13.4. The lowest BCUT2D eigenvalue weighted by Gasteiger charge is -2.26. The number of nitrogens with zero attached hydrogens (tertiary/aromatic N) is 4. The predicted molar refractivity (Wildman–Crippen MR) is 319 cm³/mol. The van der Waals surface area contributed by atoms with Crippen LogP contribution in [-0.2, 0) is 0 Å². The molecule has 4 heterocycles. The zero-order chi connectivity index (χ0) is 49.8. The summed E-state index contributed by atoms with van der Waals surface area (Å²) in [6, 6.07) is 79.1. The second kappa shape index (κ2) is 17.1. The SMILES string of the molecule is C1=CC(n2c3ccccc3c3cc(C4C=c5c(n(-c6ccccc6)c6ccc(-c7ccc8c(c7)c7cc(C9=CC=C%10C(C9)c9ccccc9N%10c9ccccc9)ccc7n8-c7ccccc7)cc56)=CC4)ccc32)=CCC1. The second-order valence-corrected chi connectivity index (χ2v) is 21.1. The van der Waals surface area contributed by atoms with Gasteiger partial charge in [0.2, 0.25) is 0 Å². The van der Waals surface area contributed by atoms with Gasteiger partial charge in [-0.25, -0.2) is 0 Å². The summed E-state index contributed by atoms with van der Waals surface area (Å²) in [5, 5.41) is 8.98. The van der Waals surface area contributed by atoms with E-state index in [9.17, 15) is 0 Å². The number of rotatable bonds is 7. The van der Waals surface area contributed by atoms with Gasteiger partial charge < -0.3 is 18.6 Å². The molecule has 12 aromatic rings. The maximum Gasteiger partial charge on any atom is 0.0541 e. The van der Waals surface area contributed by atoms with Gasteiger partial charge in [0, 0.05) is 83.5 Å². The van der Waals surface area contributed by atoms with E-state index in [2.05, 4.69) is 273 Å². The fraction of sp³-hybridized carbons (Fsp3) is 0.0833. The topological polar surface area (TPSA) is 18.0 Å². The van der Waals surface area contributed by atoms with E-state index < -0.39 is 0 Å². The van der Waals surface area contributed by atoms with Crippen molar-refractivity contribution < 1.29 is 0 Å². The molecule has 9 aromatic carbocycles. The number of benzene rings is 9. The lowest BCUT2D eigenvalue weighted by Crippen LogP contribution is -2.31. The molecule has 76 heavy (non-hydrogen) atoms. The van der Waals surface area contributed by atoms with Gasteiger partial charge in [0.05, 0.1) is 27.6 Å². The van der Waals surface area contributed by atoms with Crippen LogP contribution in [-0.4, -0.2) is 13.7 Å². The molecule has 16 rings (SSSR count). The van der Waals surface area contributed by atoms with E-state index >= 15 is 0 Å². The Balaban J connectivity index is 0.833. The van der Waals surface area contributed by atoms with Crippen LogP contribution in [0.15, 0.2) is 248 Å². The Morgan fingerprint density at radius 3 is 1.76 bits per heavy atom. The van der Waals surface area contributed by atoms with Crippen molar-refractivity contribution in [3.05, 3.63) is 276 Å². The summed E-state index contributed by atoms with van der Waals surface area (Å²) in [7, 11) is 0. The molecule has 0 bridgehead atoms. The van der Waals surface area contributed by atoms with Gasteiger partial charge in [0.15, 0.2) is 0 Å². The third-order valence-electron chi connectivity index (χ3n) is 16.9. The Hall–Kier alpha value is -9.38. The van der Waals surface area contributed by atoms with Gasteiger partial charge >= 0.3 is 0 Å². The Bertz CT molecular complexity index is 4630. The molecule has 1 aliphatic heterocycles. The van der Waals surface area contributed by atoms with Gasteiger partial charge in [-0.05, 0) is 168 Å². The van der Waals surface area contributed by atoms with Crippen LogP contribution >= 0.6 is 0 Å². The highest BCUT2D eigenvalue weighted by atomic mass is 15.2. The summed E-state index contributed by atoms with van der Waals surface area (Å²) in [6.45, 7) is 0. The minimum atomic E-state index is 0.230. The lowest BCUT2D eigenvalue weighted by molar-refractivity contribution is 0.832. The molecular weight excluding hydrogens is 921 g/mol. The molecule has 0 N–H and O–H groups in total. The van der Waals surface area contributed by atoms with Crippen LogP contribution in [0.3, 0.4) is 0 Å².